The molecule has 0 saturated carbocycles. The van der Waals surface area contributed by atoms with Gasteiger partial charge in [0.25, 0.3) is 0 Å². The number of thiazole rings is 1. The minimum atomic E-state index is -0.844. The van der Waals surface area contributed by atoms with E-state index in [0.717, 1.165) is 15.6 Å². The van der Waals surface area contributed by atoms with Gasteiger partial charge in [-0.1, -0.05) is 29.8 Å². The Labute approximate surface area is 138 Å². The quantitative estimate of drug-likeness (QED) is 0.784. The van der Waals surface area contributed by atoms with E-state index in [0.29, 0.717) is 17.1 Å². The van der Waals surface area contributed by atoms with Crippen LogP contribution in [0.3, 0.4) is 0 Å². The van der Waals surface area contributed by atoms with Gasteiger partial charge in [0.2, 0.25) is 0 Å². The lowest BCUT2D eigenvalue weighted by molar-refractivity contribution is 0.173. The van der Waals surface area contributed by atoms with Crippen LogP contribution in [0, 0.1) is 13.8 Å². The summed E-state index contributed by atoms with van der Waals surface area (Å²) in [6.45, 7) is 4.39. The number of aryl methyl sites for hydroxylation is 2. The van der Waals surface area contributed by atoms with Crippen LogP contribution < -0.4 is 10.6 Å². The number of rotatable bonds is 5. The Bertz CT molecular complexity index is 640. The summed E-state index contributed by atoms with van der Waals surface area (Å²) >= 11 is 7.56. The fourth-order valence-corrected chi connectivity index (χ4v) is 3.01. The number of benzene rings is 1. The molecule has 0 fully saturated rings. The van der Waals surface area contributed by atoms with E-state index >= 15 is 0 Å². The van der Waals surface area contributed by atoms with Gasteiger partial charge in [0.05, 0.1) is 18.3 Å². The van der Waals surface area contributed by atoms with Crippen LogP contribution in [-0.2, 0) is 6.54 Å². The summed E-state index contributed by atoms with van der Waals surface area (Å²) in [5.41, 5.74) is 1.58. The number of nitrogens with one attached hydrogen (secondary N) is 2. The molecular weight excluding hydrogens is 322 g/mol. The largest absolute Gasteiger partial charge is 0.387 e. The molecule has 1 aromatic carbocycles. The molecule has 2 amide bonds. The molecule has 7 heteroatoms. The van der Waals surface area contributed by atoms with Crippen molar-refractivity contribution >= 4 is 29.0 Å². The number of amides is 2. The number of hydrogen-bond acceptors (Lipinski definition) is 4. The van der Waals surface area contributed by atoms with Crippen molar-refractivity contribution < 1.29 is 9.90 Å². The van der Waals surface area contributed by atoms with Crippen LogP contribution in [0.15, 0.2) is 24.3 Å². The first-order valence-electron chi connectivity index (χ1n) is 6.84. The van der Waals surface area contributed by atoms with Gasteiger partial charge in [0.15, 0.2) is 0 Å². The van der Waals surface area contributed by atoms with Crippen LogP contribution >= 0.6 is 22.9 Å². The lowest BCUT2D eigenvalue weighted by Gasteiger charge is -2.13. The van der Waals surface area contributed by atoms with Crippen LogP contribution in [-0.4, -0.2) is 22.7 Å². The maximum absolute atomic E-state index is 11.7. The molecule has 0 saturated heterocycles. The Balaban J connectivity index is 1.79. The van der Waals surface area contributed by atoms with E-state index in [1.807, 2.05) is 13.8 Å². The average molecular weight is 340 g/mol. The van der Waals surface area contributed by atoms with E-state index in [9.17, 15) is 9.90 Å². The van der Waals surface area contributed by atoms with Gasteiger partial charge in [-0.25, -0.2) is 9.78 Å². The molecule has 118 valence electrons. The number of nitrogens with zero attached hydrogens (tertiary/aromatic N) is 1. The van der Waals surface area contributed by atoms with Gasteiger partial charge in [-0.05, 0) is 19.9 Å². The molecule has 0 aliphatic heterocycles. The van der Waals surface area contributed by atoms with Gasteiger partial charge in [0.1, 0.15) is 5.01 Å². The summed E-state index contributed by atoms with van der Waals surface area (Å²) in [7, 11) is 0. The summed E-state index contributed by atoms with van der Waals surface area (Å²) in [5, 5.41) is 16.7. The number of halogens is 1. The predicted octanol–water partition coefficient (Wildman–Crippen LogP) is 2.95. The number of carbonyl (C=O) groups is 1. The third-order valence-electron chi connectivity index (χ3n) is 3.19. The van der Waals surface area contributed by atoms with E-state index in [4.69, 9.17) is 11.6 Å². The molecule has 3 N–H and O–H groups in total. The highest BCUT2D eigenvalue weighted by Crippen LogP contribution is 2.21. The topological polar surface area (TPSA) is 74.2 Å². The highest BCUT2D eigenvalue weighted by Gasteiger charge is 2.12. The molecule has 1 heterocycles. The van der Waals surface area contributed by atoms with Crippen LogP contribution in [0.5, 0.6) is 0 Å². The Hall–Kier alpha value is -1.63. The van der Waals surface area contributed by atoms with Crippen LogP contribution in [0.1, 0.15) is 27.2 Å². The third-order valence-corrected chi connectivity index (χ3v) is 4.61. The molecule has 1 atom stereocenters. The van der Waals surface area contributed by atoms with E-state index < -0.39 is 6.10 Å². The zero-order valence-corrected chi connectivity index (χ0v) is 14.0. The molecular formula is C15H18ClN3O2S. The molecule has 5 nitrogen and oxygen atoms in total. The highest BCUT2D eigenvalue weighted by atomic mass is 35.5. The molecule has 2 rings (SSSR count). The fraction of sp³-hybridized carbons (Fsp3) is 0.333. The van der Waals surface area contributed by atoms with Crippen molar-refractivity contribution in [2.75, 3.05) is 6.54 Å². The van der Waals surface area contributed by atoms with Crippen LogP contribution in [0.2, 0.25) is 5.02 Å². The first kappa shape index (κ1) is 16.7. The van der Waals surface area contributed by atoms with E-state index in [1.54, 1.807) is 35.6 Å². The molecule has 0 radical (unpaired) electrons. The van der Waals surface area contributed by atoms with Gasteiger partial charge in [-0.15, -0.1) is 11.3 Å². The second-order valence-electron chi connectivity index (χ2n) is 4.85. The standard InChI is InChI=1S/C15H18ClN3O2S/c1-9-10(2)22-14(19-9)8-18-15(21)17-7-13(20)11-5-3-4-6-12(11)16/h3-6,13,20H,7-8H2,1-2H3,(H2,17,18,21). The molecule has 1 unspecified atom stereocenters. The van der Waals surface area contributed by atoms with Crippen molar-refractivity contribution in [2.24, 2.45) is 0 Å². The van der Waals surface area contributed by atoms with Crippen molar-refractivity contribution in [1.29, 1.82) is 0 Å². The molecule has 2 aromatic rings. The van der Waals surface area contributed by atoms with Crippen molar-refractivity contribution in [3.8, 4) is 0 Å². The summed E-state index contributed by atoms with van der Waals surface area (Å²) in [5.74, 6) is 0. The van der Waals surface area contributed by atoms with Gasteiger partial charge in [0, 0.05) is 22.0 Å². The molecule has 0 aliphatic carbocycles. The Morgan fingerprint density at radius 2 is 2.09 bits per heavy atom. The lowest BCUT2D eigenvalue weighted by Crippen LogP contribution is -2.37. The number of aromatic nitrogens is 1. The van der Waals surface area contributed by atoms with Gasteiger partial charge in [-0.2, -0.15) is 0 Å². The van der Waals surface area contributed by atoms with E-state index in [1.165, 1.54) is 0 Å². The minimum absolute atomic E-state index is 0.0888. The number of hydrogen-bond donors (Lipinski definition) is 3. The molecule has 0 aliphatic rings. The molecule has 1 aromatic heterocycles. The number of aliphatic hydroxyl groups is 1. The second-order valence-corrected chi connectivity index (χ2v) is 6.55. The predicted molar refractivity (Wildman–Crippen MR) is 88.2 cm³/mol. The molecule has 22 heavy (non-hydrogen) atoms. The average Bonchev–Trinajstić information content (AvgIpc) is 2.82. The highest BCUT2D eigenvalue weighted by molar-refractivity contribution is 7.11. The van der Waals surface area contributed by atoms with Crippen molar-refractivity contribution in [3.05, 3.63) is 50.4 Å². The first-order chi connectivity index (χ1) is 10.5. The SMILES string of the molecule is Cc1nc(CNC(=O)NCC(O)c2ccccc2Cl)sc1C. The number of aliphatic hydroxyl groups excluding tert-OH is 1. The number of carbonyl (C=O) groups excluding carboxylic acids is 1. The molecule has 0 spiro atoms. The van der Waals surface area contributed by atoms with Crippen LogP contribution in [0.4, 0.5) is 4.79 Å². The zero-order valence-electron chi connectivity index (χ0n) is 12.4. The lowest BCUT2D eigenvalue weighted by atomic mass is 10.1. The normalized spacial score (nSPS) is 12.0. The zero-order chi connectivity index (χ0) is 16.1. The summed E-state index contributed by atoms with van der Waals surface area (Å²) < 4.78 is 0. The van der Waals surface area contributed by atoms with Crippen LogP contribution in [0.25, 0.3) is 0 Å². The number of urea groups is 1. The Morgan fingerprint density at radius 3 is 2.73 bits per heavy atom. The first-order valence-corrected chi connectivity index (χ1v) is 8.04. The summed E-state index contributed by atoms with van der Waals surface area (Å²) in [6.07, 6.45) is -0.844. The van der Waals surface area contributed by atoms with E-state index in [2.05, 4.69) is 15.6 Å². The van der Waals surface area contributed by atoms with Crippen molar-refractivity contribution in [1.82, 2.24) is 15.6 Å². The monoisotopic (exact) mass is 339 g/mol. The Morgan fingerprint density at radius 1 is 1.36 bits per heavy atom. The molecule has 0 bridgehead atoms. The summed E-state index contributed by atoms with van der Waals surface area (Å²) in [6, 6.07) is 6.66. The summed E-state index contributed by atoms with van der Waals surface area (Å²) in [4.78, 5) is 17.2. The van der Waals surface area contributed by atoms with Gasteiger partial charge < -0.3 is 15.7 Å². The van der Waals surface area contributed by atoms with Crippen molar-refractivity contribution in [2.45, 2.75) is 26.5 Å². The van der Waals surface area contributed by atoms with Gasteiger partial charge in [-0.3, -0.25) is 0 Å². The van der Waals surface area contributed by atoms with E-state index in [-0.39, 0.29) is 12.6 Å². The minimum Gasteiger partial charge on any atom is -0.387 e. The maximum atomic E-state index is 11.7. The Kier molecular flexibility index (Phi) is 5.76. The maximum Gasteiger partial charge on any atom is 0.315 e. The fourth-order valence-electron chi connectivity index (χ4n) is 1.88. The second kappa shape index (κ2) is 7.58. The third kappa shape index (κ3) is 4.43. The van der Waals surface area contributed by atoms with Crippen molar-refractivity contribution in [3.63, 3.8) is 0 Å². The smallest absolute Gasteiger partial charge is 0.315 e. The van der Waals surface area contributed by atoms with Gasteiger partial charge >= 0.3 is 6.03 Å².